The highest BCUT2D eigenvalue weighted by atomic mass is 15.0. The predicted octanol–water partition coefficient (Wildman–Crippen LogP) is 9.17. The molecule has 0 spiro atoms. The van der Waals surface area contributed by atoms with Gasteiger partial charge in [-0.3, -0.25) is 0 Å². The van der Waals surface area contributed by atoms with Gasteiger partial charge in [0.2, 0.25) is 0 Å². The first-order valence-corrected chi connectivity index (χ1v) is 13.9. The highest BCUT2D eigenvalue weighted by Crippen LogP contribution is 2.37. The molecule has 0 aromatic heterocycles. The van der Waals surface area contributed by atoms with Gasteiger partial charge < -0.3 is 10.6 Å². The zero-order valence-electron chi connectivity index (χ0n) is 23.0. The van der Waals surface area contributed by atoms with Crippen LogP contribution in [0, 0.1) is 13.8 Å². The van der Waals surface area contributed by atoms with Crippen LogP contribution in [-0.4, -0.2) is 0 Å². The summed E-state index contributed by atoms with van der Waals surface area (Å²) in [6.07, 6.45) is 18.1. The Kier molecular flexibility index (Phi) is 6.84. The average molecular weight is 519 g/mol. The van der Waals surface area contributed by atoms with E-state index < -0.39 is 11.1 Å². The van der Waals surface area contributed by atoms with Crippen molar-refractivity contribution >= 4 is 11.4 Å². The minimum absolute atomic E-state index is 0.429. The average Bonchev–Trinajstić information content (AvgIpc) is 2.99. The van der Waals surface area contributed by atoms with Crippen LogP contribution in [0.2, 0.25) is 0 Å². The highest BCUT2D eigenvalue weighted by molar-refractivity contribution is 5.63. The highest BCUT2D eigenvalue weighted by Gasteiger charge is 2.31. The third kappa shape index (κ3) is 5.21. The predicted molar refractivity (Wildman–Crippen MR) is 169 cm³/mol. The number of hydrogen-bond donors (Lipinski definition) is 2. The molecular weight excluding hydrogens is 484 g/mol. The smallest absolute Gasteiger partial charge is 0.100 e. The van der Waals surface area contributed by atoms with Crippen molar-refractivity contribution in [2.24, 2.45) is 0 Å². The molecule has 2 heteroatoms. The monoisotopic (exact) mass is 518 g/mol. The van der Waals surface area contributed by atoms with E-state index in [1.807, 2.05) is 0 Å². The fourth-order valence-corrected chi connectivity index (χ4v) is 5.54. The molecule has 40 heavy (non-hydrogen) atoms. The summed E-state index contributed by atoms with van der Waals surface area (Å²) >= 11 is 0. The Morgan fingerprint density at radius 2 is 0.800 bits per heavy atom. The Hall–Kier alpha value is -4.82. The van der Waals surface area contributed by atoms with Crippen molar-refractivity contribution in [1.29, 1.82) is 0 Å². The largest absolute Gasteiger partial charge is 0.369 e. The van der Waals surface area contributed by atoms with Gasteiger partial charge in [-0.25, -0.2) is 0 Å². The molecule has 4 aromatic carbocycles. The molecule has 0 fully saturated rings. The minimum Gasteiger partial charge on any atom is -0.369 e. The molecular formula is C38H34N2. The first-order chi connectivity index (χ1) is 19.5. The summed E-state index contributed by atoms with van der Waals surface area (Å²) in [6.45, 7) is 4.25. The second-order valence-electron chi connectivity index (χ2n) is 10.7. The van der Waals surface area contributed by atoms with E-state index in [4.69, 9.17) is 0 Å². The molecule has 2 aliphatic carbocycles. The Labute approximate surface area is 237 Å². The quantitative estimate of drug-likeness (QED) is 0.266. The zero-order valence-corrected chi connectivity index (χ0v) is 23.0. The van der Waals surface area contributed by atoms with Crippen molar-refractivity contribution in [2.45, 2.75) is 24.9 Å². The Balaban J connectivity index is 1.34. The number of benzene rings is 4. The van der Waals surface area contributed by atoms with Gasteiger partial charge in [-0.15, -0.1) is 0 Å². The number of aryl methyl sites for hydroxylation is 2. The first-order valence-electron chi connectivity index (χ1n) is 13.9. The van der Waals surface area contributed by atoms with Gasteiger partial charge in [0, 0.05) is 11.4 Å². The van der Waals surface area contributed by atoms with Gasteiger partial charge >= 0.3 is 0 Å². The molecule has 0 heterocycles. The van der Waals surface area contributed by atoms with Crippen LogP contribution in [0.5, 0.6) is 0 Å². The van der Waals surface area contributed by atoms with Gasteiger partial charge in [-0.05, 0) is 71.5 Å². The van der Waals surface area contributed by atoms with Crippen LogP contribution in [0.15, 0.2) is 169 Å². The lowest BCUT2D eigenvalue weighted by Crippen LogP contribution is -2.33. The number of anilines is 2. The van der Waals surface area contributed by atoms with E-state index >= 15 is 0 Å². The van der Waals surface area contributed by atoms with E-state index in [-0.39, 0.29) is 0 Å². The summed E-state index contributed by atoms with van der Waals surface area (Å²) in [5.74, 6) is 0. The van der Waals surface area contributed by atoms with Crippen molar-refractivity contribution in [2.75, 3.05) is 10.6 Å². The number of allylic oxidation sites excluding steroid dienone is 6. The van der Waals surface area contributed by atoms with Crippen molar-refractivity contribution in [3.63, 3.8) is 0 Å². The minimum atomic E-state index is -0.429. The van der Waals surface area contributed by atoms with Crippen LogP contribution in [0.25, 0.3) is 0 Å². The summed E-state index contributed by atoms with van der Waals surface area (Å²) in [5, 5.41) is 7.60. The lowest BCUT2D eigenvalue weighted by atomic mass is 9.81. The summed E-state index contributed by atoms with van der Waals surface area (Å²) < 4.78 is 0. The normalized spacial score (nSPS) is 21.4. The van der Waals surface area contributed by atoms with Crippen molar-refractivity contribution in [3.05, 3.63) is 191 Å². The van der Waals surface area contributed by atoms with Crippen LogP contribution >= 0.6 is 0 Å². The van der Waals surface area contributed by atoms with E-state index in [9.17, 15) is 0 Å². The molecule has 0 radical (unpaired) electrons. The second kappa shape index (κ2) is 10.7. The first kappa shape index (κ1) is 25.5. The van der Waals surface area contributed by atoms with Crippen LogP contribution in [0.1, 0.15) is 22.3 Å². The van der Waals surface area contributed by atoms with E-state index in [1.165, 1.54) is 33.4 Å². The van der Waals surface area contributed by atoms with Crippen LogP contribution < -0.4 is 10.6 Å². The molecule has 0 bridgehead atoms. The van der Waals surface area contributed by atoms with E-state index in [1.54, 1.807) is 0 Å². The van der Waals surface area contributed by atoms with Gasteiger partial charge in [0.05, 0.1) is 0 Å². The molecule has 2 aliphatic rings. The Bertz CT molecular complexity index is 1500. The maximum absolute atomic E-state index is 3.80. The maximum atomic E-state index is 3.80. The number of hydrogen-bond acceptors (Lipinski definition) is 2. The molecule has 0 saturated heterocycles. The molecule has 4 aromatic rings. The van der Waals surface area contributed by atoms with Gasteiger partial charge in [0.1, 0.15) is 11.1 Å². The second-order valence-corrected chi connectivity index (χ2v) is 10.7. The lowest BCUT2D eigenvalue weighted by Gasteiger charge is -2.34. The van der Waals surface area contributed by atoms with Gasteiger partial charge in [0.25, 0.3) is 0 Å². The molecule has 0 aliphatic heterocycles. The summed E-state index contributed by atoms with van der Waals surface area (Å²) in [4.78, 5) is 0. The SMILES string of the molecule is Cc1cccc(NC2(c3ccccc3)C=CC(=C3C=CC(Nc4cccc(C)c4)(c4ccccc4)C=C3)C=C2)c1. The molecule has 0 amide bonds. The summed E-state index contributed by atoms with van der Waals surface area (Å²) in [5.41, 5.74) is 8.58. The van der Waals surface area contributed by atoms with Gasteiger partial charge in [-0.2, -0.15) is 0 Å². The van der Waals surface area contributed by atoms with Crippen LogP contribution in [0.4, 0.5) is 11.4 Å². The molecule has 2 N–H and O–H groups in total. The van der Waals surface area contributed by atoms with Crippen LogP contribution in [-0.2, 0) is 11.1 Å². The molecule has 0 atom stereocenters. The lowest BCUT2D eigenvalue weighted by molar-refractivity contribution is 0.766. The van der Waals surface area contributed by atoms with Crippen molar-refractivity contribution < 1.29 is 0 Å². The molecule has 196 valence electrons. The topological polar surface area (TPSA) is 24.1 Å². The summed E-state index contributed by atoms with van der Waals surface area (Å²) in [6, 6.07) is 38.3. The third-order valence-corrected chi connectivity index (χ3v) is 7.68. The zero-order chi connectivity index (χ0) is 27.4. The van der Waals surface area contributed by atoms with E-state index in [0.29, 0.717) is 0 Å². The third-order valence-electron chi connectivity index (χ3n) is 7.68. The summed E-state index contributed by atoms with van der Waals surface area (Å²) in [7, 11) is 0. The molecule has 0 unspecified atom stereocenters. The fourth-order valence-electron chi connectivity index (χ4n) is 5.54. The fraction of sp³-hybridized carbons (Fsp3) is 0.105. The van der Waals surface area contributed by atoms with E-state index in [0.717, 1.165) is 11.4 Å². The Morgan fingerprint density at radius 3 is 1.15 bits per heavy atom. The molecule has 6 rings (SSSR count). The van der Waals surface area contributed by atoms with E-state index in [2.05, 4.69) is 182 Å². The van der Waals surface area contributed by atoms with Crippen LogP contribution in [0.3, 0.4) is 0 Å². The number of nitrogens with one attached hydrogen (secondary N) is 2. The van der Waals surface area contributed by atoms with Crippen molar-refractivity contribution in [3.8, 4) is 0 Å². The maximum Gasteiger partial charge on any atom is 0.100 e. The molecule has 0 saturated carbocycles. The van der Waals surface area contributed by atoms with Gasteiger partial charge in [0.15, 0.2) is 0 Å². The standard InChI is InChI=1S/C38H34N2/c1-29-11-9-17-35(27-29)39-37(33-13-5-3-6-14-33)23-19-31(20-24-37)32-21-25-38(26-22-32,34-15-7-4-8-16-34)40-36-18-10-12-30(2)28-36/h3-28,39-40H,1-2H3. The molecule has 2 nitrogen and oxygen atoms in total. The van der Waals surface area contributed by atoms with Crippen molar-refractivity contribution in [1.82, 2.24) is 0 Å². The van der Waals surface area contributed by atoms with Gasteiger partial charge in [-0.1, -0.05) is 134 Å². The number of rotatable bonds is 6. The Morgan fingerprint density at radius 1 is 0.425 bits per heavy atom.